The fourth-order valence-electron chi connectivity index (χ4n) is 2.29. The summed E-state index contributed by atoms with van der Waals surface area (Å²) in [4.78, 5) is 3.84. The van der Waals surface area contributed by atoms with Crippen LogP contribution in [0.5, 0.6) is 0 Å². The van der Waals surface area contributed by atoms with Crippen LogP contribution in [0.15, 0.2) is 0 Å². The number of nitrogens with zero attached hydrogens (tertiary/aromatic N) is 5. The lowest BCUT2D eigenvalue weighted by molar-refractivity contribution is 0.0799. The molecular weight excluding hydrogens is 216 g/mol. The number of aryl methyl sites for hydroxylation is 1. The Labute approximate surface area is 103 Å². The van der Waals surface area contributed by atoms with Gasteiger partial charge in [0.15, 0.2) is 5.82 Å². The van der Waals surface area contributed by atoms with E-state index < -0.39 is 0 Å². The number of aromatic nitrogens is 4. The van der Waals surface area contributed by atoms with Crippen LogP contribution in [0.3, 0.4) is 0 Å². The molecule has 0 bridgehead atoms. The zero-order valence-corrected chi connectivity index (χ0v) is 11.3. The molecule has 0 aromatic carbocycles. The van der Waals surface area contributed by atoms with Crippen LogP contribution >= 0.6 is 0 Å². The van der Waals surface area contributed by atoms with E-state index in [4.69, 9.17) is 5.73 Å². The number of tetrazole rings is 1. The monoisotopic (exact) mass is 240 g/mol. The maximum absolute atomic E-state index is 5.96. The Morgan fingerprint density at radius 3 is 2.29 bits per heavy atom. The predicted octanol–water partition coefficient (Wildman–Crippen LogP) is 0.550. The highest BCUT2D eigenvalue weighted by atomic mass is 15.6. The minimum atomic E-state index is 0.0496. The molecule has 1 aromatic rings. The second kappa shape index (κ2) is 6.07. The van der Waals surface area contributed by atoms with Gasteiger partial charge in [0.25, 0.3) is 0 Å². The van der Waals surface area contributed by atoms with Crippen molar-refractivity contribution in [2.75, 3.05) is 13.1 Å². The average Bonchev–Trinajstić information content (AvgIpc) is 2.76. The first-order valence-electron chi connectivity index (χ1n) is 6.29. The molecule has 2 N–H and O–H groups in total. The number of hydrogen-bond acceptors (Lipinski definition) is 5. The number of hydrogen-bond donors (Lipinski definition) is 1. The molecule has 0 saturated heterocycles. The van der Waals surface area contributed by atoms with Gasteiger partial charge >= 0.3 is 0 Å². The molecule has 0 aliphatic heterocycles. The van der Waals surface area contributed by atoms with Crippen molar-refractivity contribution in [3.05, 3.63) is 5.82 Å². The topological polar surface area (TPSA) is 72.9 Å². The second-order valence-electron chi connectivity index (χ2n) is 4.34. The van der Waals surface area contributed by atoms with Crippen LogP contribution < -0.4 is 5.73 Å². The first-order valence-corrected chi connectivity index (χ1v) is 6.29. The van der Waals surface area contributed by atoms with Gasteiger partial charge in [0.1, 0.15) is 0 Å². The lowest BCUT2D eigenvalue weighted by Gasteiger charge is -2.41. The van der Waals surface area contributed by atoms with Crippen molar-refractivity contribution < 1.29 is 0 Å². The molecule has 6 nitrogen and oxygen atoms in total. The van der Waals surface area contributed by atoms with Gasteiger partial charge in [-0.1, -0.05) is 20.8 Å². The molecule has 0 aliphatic carbocycles. The maximum atomic E-state index is 5.96. The summed E-state index contributed by atoms with van der Waals surface area (Å²) >= 11 is 0. The first kappa shape index (κ1) is 14.1. The minimum Gasteiger partial charge on any atom is -0.329 e. The van der Waals surface area contributed by atoms with Gasteiger partial charge in [0, 0.05) is 12.1 Å². The Bertz CT molecular complexity index is 322. The van der Waals surface area contributed by atoms with Gasteiger partial charge in [-0.05, 0) is 24.6 Å². The highest BCUT2D eigenvalue weighted by Crippen LogP contribution is 2.23. The van der Waals surface area contributed by atoms with Gasteiger partial charge < -0.3 is 5.73 Å². The van der Waals surface area contributed by atoms with Crippen LogP contribution in [0.25, 0.3) is 0 Å². The summed E-state index contributed by atoms with van der Waals surface area (Å²) in [5, 5.41) is 12.1. The highest BCUT2D eigenvalue weighted by Gasteiger charge is 2.31. The molecule has 0 saturated carbocycles. The van der Waals surface area contributed by atoms with Gasteiger partial charge in [-0.25, -0.2) is 0 Å². The van der Waals surface area contributed by atoms with Crippen LogP contribution in [0.4, 0.5) is 0 Å². The number of rotatable bonds is 7. The SMILES string of the molecule is CCN(Cc1nnn(C)n1)C(CC)(CC)CN. The largest absolute Gasteiger partial charge is 0.329 e. The Balaban J connectivity index is 2.82. The quantitative estimate of drug-likeness (QED) is 0.753. The van der Waals surface area contributed by atoms with Crippen LogP contribution in [0.1, 0.15) is 39.4 Å². The zero-order chi connectivity index (χ0) is 12.9. The van der Waals surface area contributed by atoms with Crippen molar-refractivity contribution in [3.8, 4) is 0 Å². The van der Waals surface area contributed by atoms with Crippen molar-refractivity contribution in [1.82, 2.24) is 25.1 Å². The van der Waals surface area contributed by atoms with Crippen molar-refractivity contribution in [3.63, 3.8) is 0 Å². The van der Waals surface area contributed by atoms with Crippen molar-refractivity contribution in [1.29, 1.82) is 0 Å². The first-order chi connectivity index (χ1) is 8.11. The lowest BCUT2D eigenvalue weighted by Crippen LogP contribution is -2.52. The van der Waals surface area contributed by atoms with Crippen LogP contribution in [0.2, 0.25) is 0 Å². The van der Waals surface area contributed by atoms with Crippen LogP contribution in [-0.4, -0.2) is 43.7 Å². The van der Waals surface area contributed by atoms with Crippen molar-refractivity contribution in [2.24, 2.45) is 12.8 Å². The molecule has 1 rings (SSSR count). The molecule has 0 aliphatic rings. The summed E-state index contributed by atoms with van der Waals surface area (Å²) < 4.78 is 0. The van der Waals surface area contributed by atoms with Gasteiger partial charge in [-0.15, -0.1) is 10.2 Å². The normalized spacial score (nSPS) is 12.4. The molecule has 0 amide bonds. The predicted molar refractivity (Wildman–Crippen MR) is 67.2 cm³/mol. The summed E-state index contributed by atoms with van der Waals surface area (Å²) in [7, 11) is 1.78. The molecule has 0 atom stereocenters. The summed E-state index contributed by atoms with van der Waals surface area (Å²) in [6.45, 7) is 8.83. The van der Waals surface area contributed by atoms with E-state index in [0.29, 0.717) is 13.1 Å². The fourth-order valence-corrected chi connectivity index (χ4v) is 2.29. The maximum Gasteiger partial charge on any atom is 0.188 e. The minimum absolute atomic E-state index is 0.0496. The second-order valence-corrected chi connectivity index (χ2v) is 4.34. The van der Waals surface area contributed by atoms with Crippen LogP contribution in [0, 0.1) is 0 Å². The smallest absolute Gasteiger partial charge is 0.188 e. The molecule has 98 valence electrons. The Hall–Kier alpha value is -1.01. The van der Waals surface area contributed by atoms with E-state index in [9.17, 15) is 0 Å². The highest BCUT2D eigenvalue weighted by molar-refractivity contribution is 4.91. The van der Waals surface area contributed by atoms with Gasteiger partial charge in [0.05, 0.1) is 13.6 Å². The fraction of sp³-hybridized carbons (Fsp3) is 0.909. The van der Waals surface area contributed by atoms with E-state index in [1.807, 2.05) is 0 Å². The third-order valence-corrected chi connectivity index (χ3v) is 3.63. The molecule has 0 unspecified atom stereocenters. The summed E-state index contributed by atoms with van der Waals surface area (Å²) in [5.74, 6) is 0.758. The van der Waals surface area contributed by atoms with E-state index >= 15 is 0 Å². The van der Waals surface area contributed by atoms with E-state index in [1.165, 1.54) is 4.80 Å². The Morgan fingerprint density at radius 2 is 1.94 bits per heavy atom. The Kier molecular flexibility index (Phi) is 5.02. The van der Waals surface area contributed by atoms with Gasteiger partial charge in [-0.2, -0.15) is 4.80 Å². The average molecular weight is 240 g/mol. The molecule has 1 aromatic heterocycles. The zero-order valence-electron chi connectivity index (χ0n) is 11.3. The van der Waals surface area contributed by atoms with E-state index in [2.05, 4.69) is 41.1 Å². The summed E-state index contributed by atoms with van der Waals surface area (Å²) in [6.07, 6.45) is 2.07. The molecular formula is C11H24N6. The summed E-state index contributed by atoms with van der Waals surface area (Å²) in [6, 6.07) is 0. The molecule has 0 fully saturated rings. The third kappa shape index (κ3) is 3.01. The Morgan fingerprint density at radius 1 is 1.29 bits per heavy atom. The molecule has 6 heteroatoms. The van der Waals surface area contributed by atoms with Gasteiger partial charge in [-0.3, -0.25) is 4.90 Å². The molecule has 17 heavy (non-hydrogen) atoms. The number of likely N-dealkylation sites (N-methyl/N-ethyl adjacent to an activating group) is 1. The standard InChI is InChI=1S/C11H24N6/c1-5-11(6-2,9-12)17(7-3)8-10-13-15-16(4)14-10/h5-9,12H2,1-4H3. The molecule has 0 radical (unpaired) electrons. The molecule has 0 spiro atoms. The van der Waals surface area contributed by atoms with E-state index in [0.717, 1.165) is 25.2 Å². The van der Waals surface area contributed by atoms with Crippen LogP contribution in [-0.2, 0) is 13.6 Å². The van der Waals surface area contributed by atoms with E-state index in [-0.39, 0.29) is 5.54 Å². The van der Waals surface area contributed by atoms with Crippen molar-refractivity contribution in [2.45, 2.75) is 45.7 Å². The summed E-state index contributed by atoms with van der Waals surface area (Å²) in [5.41, 5.74) is 6.01. The third-order valence-electron chi connectivity index (χ3n) is 3.63. The molecule has 1 heterocycles. The van der Waals surface area contributed by atoms with E-state index in [1.54, 1.807) is 7.05 Å². The lowest BCUT2D eigenvalue weighted by atomic mass is 9.90. The number of nitrogens with two attached hydrogens (primary N) is 1. The van der Waals surface area contributed by atoms with Gasteiger partial charge in [0.2, 0.25) is 0 Å². The van der Waals surface area contributed by atoms with Crippen molar-refractivity contribution >= 4 is 0 Å².